The van der Waals surface area contributed by atoms with Gasteiger partial charge >= 0.3 is 0 Å². The zero-order chi connectivity index (χ0) is 22.5. The van der Waals surface area contributed by atoms with Crippen LogP contribution in [0, 0.1) is 0 Å². The SMILES string of the molecule is CCOc1cc(C(=O)N2CCCC(c3nc4ccccc4o3)C2)cc(OCC)c1OCC. The lowest BCUT2D eigenvalue weighted by Crippen LogP contribution is -2.39. The van der Waals surface area contributed by atoms with Crippen LogP contribution in [-0.2, 0) is 0 Å². The fourth-order valence-electron chi connectivity index (χ4n) is 4.12. The topological polar surface area (TPSA) is 74.0 Å². The average Bonchev–Trinajstić information content (AvgIpc) is 3.25. The van der Waals surface area contributed by atoms with E-state index < -0.39 is 0 Å². The molecule has 32 heavy (non-hydrogen) atoms. The van der Waals surface area contributed by atoms with Gasteiger partial charge in [0.15, 0.2) is 23.0 Å². The number of likely N-dealkylation sites (tertiary alicyclic amines) is 1. The van der Waals surface area contributed by atoms with Crippen molar-refractivity contribution in [1.29, 1.82) is 0 Å². The maximum absolute atomic E-state index is 13.5. The third kappa shape index (κ3) is 4.52. The molecule has 0 N–H and O–H groups in total. The summed E-state index contributed by atoms with van der Waals surface area (Å²) in [4.78, 5) is 20.0. The van der Waals surface area contributed by atoms with E-state index in [0.29, 0.717) is 61.6 Å². The normalized spacial score (nSPS) is 16.2. The Morgan fingerprint density at radius 3 is 2.41 bits per heavy atom. The highest BCUT2D eigenvalue weighted by molar-refractivity contribution is 5.95. The van der Waals surface area contributed by atoms with Crippen molar-refractivity contribution in [2.45, 2.75) is 39.5 Å². The number of nitrogens with zero attached hydrogens (tertiary/aromatic N) is 2. The maximum atomic E-state index is 13.5. The molecule has 1 aromatic heterocycles. The minimum absolute atomic E-state index is 0.0595. The number of oxazole rings is 1. The quantitative estimate of drug-likeness (QED) is 0.490. The molecule has 1 saturated heterocycles. The number of carbonyl (C=O) groups excluding carboxylic acids is 1. The van der Waals surface area contributed by atoms with Crippen molar-refractivity contribution in [3.8, 4) is 17.2 Å². The molecule has 170 valence electrons. The molecule has 0 spiro atoms. The summed E-state index contributed by atoms with van der Waals surface area (Å²) >= 11 is 0. The monoisotopic (exact) mass is 438 g/mol. The lowest BCUT2D eigenvalue weighted by Gasteiger charge is -2.31. The molecule has 2 heterocycles. The third-order valence-corrected chi connectivity index (χ3v) is 5.52. The predicted molar refractivity (Wildman–Crippen MR) is 122 cm³/mol. The van der Waals surface area contributed by atoms with Gasteiger partial charge in [-0.3, -0.25) is 4.79 Å². The molecule has 0 saturated carbocycles. The van der Waals surface area contributed by atoms with Gasteiger partial charge in [-0.2, -0.15) is 0 Å². The maximum Gasteiger partial charge on any atom is 0.254 e. The molecule has 0 radical (unpaired) electrons. The molecule has 0 aliphatic carbocycles. The van der Waals surface area contributed by atoms with Crippen molar-refractivity contribution >= 4 is 17.0 Å². The van der Waals surface area contributed by atoms with Gasteiger partial charge in [0.2, 0.25) is 5.75 Å². The van der Waals surface area contributed by atoms with Crippen LogP contribution in [0.15, 0.2) is 40.8 Å². The number of benzene rings is 2. The Balaban J connectivity index is 1.59. The van der Waals surface area contributed by atoms with E-state index in [4.69, 9.17) is 18.6 Å². The minimum Gasteiger partial charge on any atom is -0.490 e. The molecule has 1 aliphatic rings. The Hall–Kier alpha value is -3.22. The largest absolute Gasteiger partial charge is 0.490 e. The van der Waals surface area contributed by atoms with Gasteiger partial charge in [-0.15, -0.1) is 0 Å². The molecular weight excluding hydrogens is 408 g/mol. The standard InChI is InChI=1S/C25H30N2O5/c1-4-29-21-14-18(15-22(30-5-2)23(21)31-6-3)25(28)27-13-9-10-17(16-27)24-26-19-11-7-8-12-20(19)32-24/h7-8,11-12,14-15,17H,4-6,9-10,13,16H2,1-3H3. The van der Waals surface area contributed by atoms with E-state index in [-0.39, 0.29) is 11.8 Å². The van der Waals surface area contributed by atoms with E-state index in [2.05, 4.69) is 4.98 Å². The van der Waals surface area contributed by atoms with Crippen LogP contribution in [0.4, 0.5) is 0 Å². The first kappa shape index (κ1) is 22.0. The fourth-order valence-corrected chi connectivity index (χ4v) is 4.12. The number of hydrogen-bond donors (Lipinski definition) is 0. The second-order valence-corrected chi connectivity index (χ2v) is 7.71. The van der Waals surface area contributed by atoms with Gasteiger partial charge < -0.3 is 23.5 Å². The molecule has 7 heteroatoms. The van der Waals surface area contributed by atoms with Crippen LogP contribution in [0.2, 0.25) is 0 Å². The number of piperidine rings is 1. The summed E-state index contributed by atoms with van der Waals surface area (Å²) < 4.78 is 23.3. The van der Waals surface area contributed by atoms with Gasteiger partial charge in [0.25, 0.3) is 5.91 Å². The van der Waals surface area contributed by atoms with E-state index >= 15 is 0 Å². The lowest BCUT2D eigenvalue weighted by atomic mass is 9.97. The van der Waals surface area contributed by atoms with Crippen LogP contribution in [0.5, 0.6) is 17.2 Å². The molecule has 4 rings (SSSR count). The van der Waals surface area contributed by atoms with E-state index in [1.54, 1.807) is 12.1 Å². The molecule has 0 bridgehead atoms. The average molecular weight is 439 g/mol. The van der Waals surface area contributed by atoms with E-state index in [0.717, 1.165) is 23.9 Å². The highest BCUT2D eigenvalue weighted by Crippen LogP contribution is 2.40. The molecule has 1 atom stereocenters. The number of hydrogen-bond acceptors (Lipinski definition) is 6. The molecule has 3 aromatic rings. The summed E-state index contributed by atoms with van der Waals surface area (Å²) in [5.41, 5.74) is 2.15. The first-order valence-corrected chi connectivity index (χ1v) is 11.4. The highest BCUT2D eigenvalue weighted by Gasteiger charge is 2.30. The second-order valence-electron chi connectivity index (χ2n) is 7.71. The molecule has 1 unspecified atom stereocenters. The summed E-state index contributed by atoms with van der Waals surface area (Å²) in [6.07, 6.45) is 1.83. The summed E-state index contributed by atoms with van der Waals surface area (Å²) in [7, 11) is 0. The third-order valence-electron chi connectivity index (χ3n) is 5.52. The molecule has 1 aliphatic heterocycles. The number of carbonyl (C=O) groups is 1. The lowest BCUT2D eigenvalue weighted by molar-refractivity contribution is 0.0697. The second kappa shape index (κ2) is 9.94. The molecular formula is C25H30N2O5. The number of amides is 1. The van der Waals surface area contributed by atoms with Crippen molar-refractivity contribution < 1.29 is 23.4 Å². The van der Waals surface area contributed by atoms with E-state index in [9.17, 15) is 4.79 Å². The molecule has 1 fully saturated rings. The Labute approximate surface area is 188 Å². The van der Waals surface area contributed by atoms with Crippen LogP contribution in [-0.4, -0.2) is 48.7 Å². The molecule has 1 amide bonds. The van der Waals surface area contributed by atoms with Crippen LogP contribution >= 0.6 is 0 Å². The van der Waals surface area contributed by atoms with Crippen molar-refractivity contribution in [2.75, 3.05) is 32.9 Å². The van der Waals surface area contributed by atoms with Crippen molar-refractivity contribution in [1.82, 2.24) is 9.88 Å². The van der Waals surface area contributed by atoms with Crippen molar-refractivity contribution in [3.63, 3.8) is 0 Å². The fraction of sp³-hybridized carbons (Fsp3) is 0.440. The van der Waals surface area contributed by atoms with Crippen molar-refractivity contribution in [3.05, 3.63) is 47.9 Å². The van der Waals surface area contributed by atoms with E-state index in [1.807, 2.05) is 49.9 Å². The Bertz CT molecular complexity index is 1020. The summed E-state index contributed by atoms with van der Waals surface area (Å²) in [5, 5.41) is 0. The van der Waals surface area contributed by atoms with E-state index in [1.165, 1.54) is 0 Å². The zero-order valence-corrected chi connectivity index (χ0v) is 18.9. The van der Waals surface area contributed by atoms with Gasteiger partial charge in [0, 0.05) is 18.7 Å². The van der Waals surface area contributed by atoms with Gasteiger partial charge in [-0.1, -0.05) is 12.1 Å². The number of para-hydroxylation sites is 2. The van der Waals surface area contributed by atoms with Gasteiger partial charge in [-0.25, -0.2) is 4.98 Å². The highest BCUT2D eigenvalue weighted by atomic mass is 16.5. The first-order valence-electron chi connectivity index (χ1n) is 11.4. The van der Waals surface area contributed by atoms with Gasteiger partial charge in [-0.05, 0) is 57.9 Å². The number of rotatable bonds is 8. The minimum atomic E-state index is -0.0595. The number of ether oxygens (including phenoxy) is 3. The predicted octanol–water partition coefficient (Wildman–Crippen LogP) is 5.04. The molecule has 2 aromatic carbocycles. The van der Waals surface area contributed by atoms with Crippen LogP contribution in [0.25, 0.3) is 11.1 Å². The Morgan fingerprint density at radius 2 is 1.75 bits per heavy atom. The van der Waals surface area contributed by atoms with Crippen LogP contribution in [0.3, 0.4) is 0 Å². The van der Waals surface area contributed by atoms with Gasteiger partial charge in [0.1, 0.15) is 5.52 Å². The zero-order valence-electron chi connectivity index (χ0n) is 18.9. The first-order chi connectivity index (χ1) is 15.6. The number of aromatic nitrogens is 1. The summed E-state index contributed by atoms with van der Waals surface area (Å²) in [6, 6.07) is 11.3. The summed E-state index contributed by atoms with van der Waals surface area (Å²) in [5.74, 6) is 2.29. The Kier molecular flexibility index (Phi) is 6.83. The molecule has 7 nitrogen and oxygen atoms in total. The van der Waals surface area contributed by atoms with Gasteiger partial charge in [0.05, 0.1) is 25.7 Å². The smallest absolute Gasteiger partial charge is 0.254 e. The van der Waals surface area contributed by atoms with Crippen LogP contribution in [0.1, 0.15) is 55.8 Å². The Morgan fingerprint density at radius 1 is 1.06 bits per heavy atom. The van der Waals surface area contributed by atoms with Crippen molar-refractivity contribution in [2.24, 2.45) is 0 Å². The summed E-state index contributed by atoms with van der Waals surface area (Å²) in [6.45, 7) is 8.37. The van der Waals surface area contributed by atoms with Crippen LogP contribution < -0.4 is 14.2 Å². The number of fused-ring (bicyclic) bond motifs is 1.